The monoisotopic (exact) mass is 474 g/mol. The summed E-state index contributed by atoms with van der Waals surface area (Å²) in [5, 5.41) is 23.0. The molecule has 0 aliphatic heterocycles. The van der Waals surface area contributed by atoms with Gasteiger partial charge < -0.3 is 9.15 Å². The molecule has 178 valence electrons. The molecule has 0 aliphatic rings. The van der Waals surface area contributed by atoms with Gasteiger partial charge in [0.1, 0.15) is 5.58 Å². The maximum Gasteiger partial charge on any atom is 0.318 e. The Balaban J connectivity index is 1.95. The molecule has 0 bridgehead atoms. The summed E-state index contributed by atoms with van der Waals surface area (Å²) in [4.78, 5) is 34.7. The van der Waals surface area contributed by atoms with Gasteiger partial charge in [-0.05, 0) is 36.1 Å². The molecule has 0 aliphatic carbocycles. The summed E-state index contributed by atoms with van der Waals surface area (Å²) < 4.78 is 11.9. The second-order valence-corrected chi connectivity index (χ2v) is 9.18. The molecule has 0 amide bonds. The van der Waals surface area contributed by atoms with E-state index in [1.165, 1.54) is 0 Å². The van der Waals surface area contributed by atoms with Crippen molar-refractivity contribution in [3.8, 4) is 22.8 Å². The summed E-state index contributed by atoms with van der Waals surface area (Å²) in [5.74, 6) is -0.463. The van der Waals surface area contributed by atoms with Crippen LogP contribution in [0.5, 0.6) is 11.5 Å². The van der Waals surface area contributed by atoms with Crippen LogP contribution in [0.3, 0.4) is 0 Å². The van der Waals surface area contributed by atoms with E-state index in [1.54, 1.807) is 30.3 Å². The molecular weight excluding hydrogens is 452 g/mol. The van der Waals surface area contributed by atoms with Gasteiger partial charge in [0.25, 0.3) is 5.69 Å². The van der Waals surface area contributed by atoms with Crippen LogP contribution in [0.1, 0.15) is 31.9 Å². The Labute approximate surface area is 199 Å². The number of non-ortho nitro benzene ring substituents is 1. The highest BCUT2D eigenvalue weighted by atomic mass is 16.6. The molecule has 0 fully saturated rings. The lowest BCUT2D eigenvalue weighted by atomic mass is 9.86. The van der Waals surface area contributed by atoms with E-state index in [9.17, 15) is 25.0 Å². The smallest absolute Gasteiger partial charge is 0.318 e. The molecule has 35 heavy (non-hydrogen) atoms. The highest BCUT2D eigenvalue weighted by Gasteiger charge is 2.25. The van der Waals surface area contributed by atoms with Crippen molar-refractivity contribution in [3.63, 3.8) is 0 Å². The van der Waals surface area contributed by atoms with Crippen molar-refractivity contribution < 1.29 is 19.0 Å². The van der Waals surface area contributed by atoms with Crippen molar-refractivity contribution >= 4 is 22.3 Å². The maximum absolute atomic E-state index is 13.5. The molecule has 9 heteroatoms. The van der Waals surface area contributed by atoms with Crippen LogP contribution in [0.2, 0.25) is 0 Å². The number of nitrogens with zero attached hydrogens (tertiary/aromatic N) is 2. The zero-order chi connectivity index (χ0) is 25.5. The van der Waals surface area contributed by atoms with Gasteiger partial charge in [-0.2, -0.15) is 0 Å². The molecule has 9 nitrogen and oxygen atoms in total. The van der Waals surface area contributed by atoms with Gasteiger partial charge in [0.05, 0.1) is 21.3 Å². The van der Waals surface area contributed by atoms with Crippen molar-refractivity contribution in [3.05, 3.63) is 102 Å². The van der Waals surface area contributed by atoms with E-state index < -0.39 is 26.7 Å². The molecule has 0 spiro atoms. The largest absolute Gasteiger partial charge is 0.452 e. The average molecular weight is 474 g/mol. The van der Waals surface area contributed by atoms with E-state index in [0.717, 1.165) is 29.3 Å². The van der Waals surface area contributed by atoms with Crippen molar-refractivity contribution in [2.75, 3.05) is 0 Å². The summed E-state index contributed by atoms with van der Waals surface area (Å²) in [6.45, 7) is 8.04. The van der Waals surface area contributed by atoms with Crippen LogP contribution >= 0.6 is 0 Å². The molecular formula is C26H22N2O7. The summed E-state index contributed by atoms with van der Waals surface area (Å²) in [7, 11) is 0. The number of aryl methyl sites for hydroxylation is 1. The predicted octanol–water partition coefficient (Wildman–Crippen LogP) is 6.67. The van der Waals surface area contributed by atoms with Crippen molar-refractivity contribution in [1.29, 1.82) is 0 Å². The number of rotatable bonds is 5. The summed E-state index contributed by atoms with van der Waals surface area (Å²) in [6, 6.07) is 15.5. The molecule has 0 radical (unpaired) electrons. The number of nitro groups is 2. The SMILES string of the molecule is Cc1ccc2oc(-c3ccc(C(C)(C)C)cc3)c(Oc3ccc([N+](=O)[O-])cc3[N+](=O)[O-])c(=O)c2c1. The van der Waals surface area contributed by atoms with Crippen molar-refractivity contribution in [2.24, 2.45) is 0 Å². The second-order valence-electron chi connectivity index (χ2n) is 9.18. The summed E-state index contributed by atoms with van der Waals surface area (Å²) in [5.41, 5.74) is 1.03. The molecule has 0 saturated carbocycles. The molecule has 4 aromatic rings. The molecule has 0 saturated heterocycles. The maximum atomic E-state index is 13.5. The van der Waals surface area contributed by atoms with E-state index in [4.69, 9.17) is 9.15 Å². The third-order valence-corrected chi connectivity index (χ3v) is 5.58. The van der Waals surface area contributed by atoms with Gasteiger partial charge in [-0.15, -0.1) is 0 Å². The Bertz CT molecular complexity index is 1530. The van der Waals surface area contributed by atoms with Crippen LogP contribution in [0.4, 0.5) is 11.4 Å². The van der Waals surface area contributed by atoms with Crippen LogP contribution in [0.25, 0.3) is 22.3 Å². The Kier molecular flexibility index (Phi) is 5.86. The number of nitro benzene ring substituents is 2. The molecule has 0 unspecified atom stereocenters. The average Bonchev–Trinajstić information content (AvgIpc) is 2.80. The lowest BCUT2D eigenvalue weighted by Crippen LogP contribution is -2.11. The van der Waals surface area contributed by atoms with Gasteiger partial charge in [0.15, 0.2) is 5.76 Å². The summed E-state index contributed by atoms with van der Waals surface area (Å²) >= 11 is 0. The minimum atomic E-state index is -0.799. The fourth-order valence-electron chi connectivity index (χ4n) is 3.65. The molecule has 3 aromatic carbocycles. The number of fused-ring (bicyclic) bond motifs is 1. The van der Waals surface area contributed by atoms with Gasteiger partial charge in [-0.25, -0.2) is 0 Å². The molecule has 1 heterocycles. The minimum Gasteiger partial charge on any atom is -0.452 e. The number of hydrogen-bond acceptors (Lipinski definition) is 7. The fourth-order valence-corrected chi connectivity index (χ4v) is 3.65. The van der Waals surface area contributed by atoms with E-state index >= 15 is 0 Å². The van der Waals surface area contributed by atoms with E-state index in [2.05, 4.69) is 20.8 Å². The van der Waals surface area contributed by atoms with Crippen molar-refractivity contribution in [1.82, 2.24) is 0 Å². The Morgan fingerprint density at radius 2 is 1.57 bits per heavy atom. The standard InChI is InChI=1S/C26H22N2O7/c1-15-5-11-21-19(13-15)23(29)25(24(34-21)16-6-8-17(9-7-16)26(2,3)4)35-22-12-10-18(27(30)31)14-20(22)28(32)33/h5-14H,1-4H3. The predicted molar refractivity (Wildman–Crippen MR) is 131 cm³/mol. The van der Waals surface area contributed by atoms with Crippen LogP contribution < -0.4 is 10.2 Å². The second kappa shape index (κ2) is 8.68. The molecule has 4 rings (SSSR count). The van der Waals surface area contributed by atoms with Crippen LogP contribution in [0.15, 0.2) is 69.9 Å². The Morgan fingerprint density at radius 3 is 2.17 bits per heavy atom. The quantitative estimate of drug-likeness (QED) is 0.233. The highest BCUT2D eigenvalue weighted by Crippen LogP contribution is 2.39. The zero-order valence-corrected chi connectivity index (χ0v) is 19.5. The first-order valence-corrected chi connectivity index (χ1v) is 10.7. The number of ether oxygens (including phenoxy) is 1. The van der Waals surface area contributed by atoms with E-state index in [0.29, 0.717) is 11.1 Å². The van der Waals surface area contributed by atoms with Gasteiger partial charge in [0.2, 0.25) is 16.9 Å². The third kappa shape index (κ3) is 4.61. The minimum absolute atomic E-state index is 0.0967. The molecule has 1 aromatic heterocycles. The third-order valence-electron chi connectivity index (χ3n) is 5.58. The van der Waals surface area contributed by atoms with E-state index in [1.807, 2.05) is 19.1 Å². The number of hydrogen-bond donors (Lipinski definition) is 0. The lowest BCUT2D eigenvalue weighted by Gasteiger charge is -2.19. The highest BCUT2D eigenvalue weighted by molar-refractivity contribution is 5.83. The first-order chi connectivity index (χ1) is 16.5. The van der Waals surface area contributed by atoms with Crippen LogP contribution in [0, 0.1) is 27.2 Å². The van der Waals surface area contributed by atoms with Gasteiger partial charge in [0, 0.05) is 11.6 Å². The Morgan fingerprint density at radius 1 is 0.886 bits per heavy atom. The topological polar surface area (TPSA) is 126 Å². The lowest BCUT2D eigenvalue weighted by molar-refractivity contribution is -0.394. The number of benzene rings is 3. The molecule has 0 N–H and O–H groups in total. The normalized spacial score (nSPS) is 11.4. The van der Waals surface area contributed by atoms with Gasteiger partial charge >= 0.3 is 5.69 Å². The molecule has 0 atom stereocenters. The first kappa shape index (κ1) is 23.6. The first-order valence-electron chi connectivity index (χ1n) is 10.7. The van der Waals surface area contributed by atoms with Crippen LogP contribution in [-0.4, -0.2) is 9.85 Å². The Hall–Kier alpha value is -4.53. The summed E-state index contributed by atoms with van der Waals surface area (Å²) in [6.07, 6.45) is 0. The van der Waals surface area contributed by atoms with Gasteiger partial charge in [-0.1, -0.05) is 56.7 Å². The zero-order valence-electron chi connectivity index (χ0n) is 19.5. The van der Waals surface area contributed by atoms with E-state index in [-0.39, 0.29) is 28.1 Å². The van der Waals surface area contributed by atoms with Crippen LogP contribution in [-0.2, 0) is 5.41 Å². The van der Waals surface area contributed by atoms with Gasteiger partial charge in [-0.3, -0.25) is 25.0 Å². The van der Waals surface area contributed by atoms with Crippen molar-refractivity contribution in [2.45, 2.75) is 33.1 Å². The fraction of sp³-hybridized carbons (Fsp3) is 0.192.